The van der Waals surface area contributed by atoms with E-state index in [4.69, 9.17) is 0 Å². The zero-order valence-corrected chi connectivity index (χ0v) is 13.1. The van der Waals surface area contributed by atoms with E-state index in [9.17, 15) is 17.6 Å². The summed E-state index contributed by atoms with van der Waals surface area (Å²) in [6.45, 7) is 3.24. The molecule has 0 spiro atoms. The number of hydrogen-bond acceptors (Lipinski definition) is 4. The highest BCUT2D eigenvalue weighted by Gasteiger charge is 2.23. The van der Waals surface area contributed by atoms with Crippen molar-refractivity contribution in [3.8, 4) is 0 Å². The molecule has 0 radical (unpaired) electrons. The molecule has 2 N–H and O–H groups in total. The molecule has 0 bridgehead atoms. The first-order valence-electron chi connectivity index (χ1n) is 5.76. The third-order valence-electron chi connectivity index (χ3n) is 2.35. The van der Waals surface area contributed by atoms with Crippen molar-refractivity contribution in [1.82, 2.24) is 10.0 Å². The Hall–Kier alpha value is -1.12. The molecule has 0 saturated heterocycles. The van der Waals surface area contributed by atoms with E-state index in [1.165, 1.54) is 12.1 Å². The van der Waals surface area contributed by atoms with E-state index in [-0.39, 0.29) is 12.1 Å². The number of sulfonamides is 1. The Morgan fingerprint density at radius 3 is 2.55 bits per heavy atom. The second kappa shape index (κ2) is 6.11. The zero-order valence-electron chi connectivity index (χ0n) is 11.4. The van der Waals surface area contributed by atoms with Gasteiger partial charge in [-0.1, -0.05) is 0 Å². The van der Waals surface area contributed by atoms with Crippen LogP contribution in [0.4, 0.5) is 4.39 Å². The zero-order chi connectivity index (χ0) is 15.6. The van der Waals surface area contributed by atoms with Crippen LogP contribution >= 0.6 is 12.6 Å². The van der Waals surface area contributed by atoms with Crippen LogP contribution in [0.5, 0.6) is 0 Å². The van der Waals surface area contributed by atoms with Gasteiger partial charge < -0.3 is 5.32 Å². The van der Waals surface area contributed by atoms with E-state index < -0.39 is 27.3 Å². The first-order valence-corrected chi connectivity index (χ1v) is 8.10. The average Bonchev–Trinajstić information content (AvgIpc) is 2.26. The molecular weight excluding hydrogens is 303 g/mol. The van der Waals surface area contributed by atoms with Crippen molar-refractivity contribution in [2.45, 2.75) is 24.3 Å². The molecule has 0 aliphatic carbocycles. The Bertz CT molecular complexity index is 615. The summed E-state index contributed by atoms with van der Waals surface area (Å²) in [6, 6.07) is 3.90. The van der Waals surface area contributed by atoms with Crippen molar-refractivity contribution in [2.24, 2.45) is 0 Å². The molecule has 0 saturated carbocycles. The number of thiol groups is 1. The van der Waals surface area contributed by atoms with Crippen LogP contribution in [0.3, 0.4) is 0 Å². The summed E-state index contributed by atoms with van der Waals surface area (Å²) in [5.41, 5.74) is -1.01. The molecule has 0 fully saturated rings. The van der Waals surface area contributed by atoms with Gasteiger partial charge in [0.05, 0.1) is 11.8 Å². The number of carbonyl (C=O) groups excluding carboxylic acids is 1. The topological polar surface area (TPSA) is 75.3 Å². The fourth-order valence-corrected chi connectivity index (χ4v) is 2.90. The van der Waals surface area contributed by atoms with Crippen molar-refractivity contribution >= 4 is 28.6 Å². The number of nitrogens with one attached hydrogen (secondary N) is 2. The summed E-state index contributed by atoms with van der Waals surface area (Å²) in [5.74, 6) is -1.28. The van der Waals surface area contributed by atoms with E-state index in [0.29, 0.717) is 4.90 Å². The molecule has 8 heteroatoms. The van der Waals surface area contributed by atoms with Crippen molar-refractivity contribution in [2.75, 3.05) is 12.8 Å². The van der Waals surface area contributed by atoms with Crippen LogP contribution in [0.15, 0.2) is 23.1 Å². The first-order chi connectivity index (χ1) is 9.00. The molecule has 0 atom stereocenters. The van der Waals surface area contributed by atoms with Crippen LogP contribution in [0, 0.1) is 5.82 Å². The van der Waals surface area contributed by atoms with Gasteiger partial charge in [-0.05, 0) is 32.0 Å². The lowest BCUT2D eigenvalue weighted by atomic mass is 10.1. The molecule has 1 rings (SSSR count). The average molecular weight is 320 g/mol. The Morgan fingerprint density at radius 2 is 2.00 bits per heavy atom. The predicted octanol–water partition coefficient (Wildman–Crippen LogP) is 1.17. The largest absolute Gasteiger partial charge is 0.350 e. The summed E-state index contributed by atoms with van der Waals surface area (Å²) < 4.78 is 38.2. The molecule has 1 aromatic rings. The van der Waals surface area contributed by atoms with Crippen molar-refractivity contribution in [3.05, 3.63) is 29.6 Å². The summed E-state index contributed by atoms with van der Waals surface area (Å²) in [4.78, 5) is 12.3. The maximum atomic E-state index is 13.5. The number of amides is 1. The summed E-state index contributed by atoms with van der Waals surface area (Å²) in [5, 5.41) is 2.49. The number of carbonyl (C=O) groups is 1. The predicted molar refractivity (Wildman–Crippen MR) is 78.0 cm³/mol. The van der Waals surface area contributed by atoms with E-state index >= 15 is 0 Å². The van der Waals surface area contributed by atoms with Gasteiger partial charge >= 0.3 is 0 Å². The molecule has 1 amide bonds. The van der Waals surface area contributed by atoms with Gasteiger partial charge in [-0.3, -0.25) is 4.79 Å². The van der Waals surface area contributed by atoms with E-state index in [2.05, 4.69) is 22.7 Å². The van der Waals surface area contributed by atoms with Gasteiger partial charge in [0.1, 0.15) is 5.82 Å². The molecule has 0 unspecified atom stereocenters. The lowest BCUT2D eigenvalue weighted by molar-refractivity contribution is 0.0940. The quantitative estimate of drug-likeness (QED) is 0.713. The van der Waals surface area contributed by atoms with E-state index in [1.54, 1.807) is 13.8 Å². The van der Waals surface area contributed by atoms with Gasteiger partial charge in [-0.15, -0.1) is 12.6 Å². The highest BCUT2D eigenvalue weighted by Crippen LogP contribution is 2.13. The second-order valence-electron chi connectivity index (χ2n) is 5.10. The third-order valence-corrected chi connectivity index (χ3v) is 3.55. The highest BCUT2D eigenvalue weighted by atomic mass is 32.2. The maximum absolute atomic E-state index is 13.5. The minimum absolute atomic E-state index is 0.0230. The van der Waals surface area contributed by atoms with Gasteiger partial charge in [0.2, 0.25) is 10.0 Å². The lowest BCUT2D eigenvalue weighted by Crippen LogP contribution is -2.51. The normalized spacial score (nSPS) is 12.2. The van der Waals surface area contributed by atoms with Gasteiger partial charge in [0.15, 0.2) is 0 Å². The SMILES string of the molecule is CC(C)(CNC(=O)c1cc(S)ccc1F)NS(C)(=O)=O. The molecule has 112 valence electrons. The third kappa shape index (κ3) is 5.48. The molecule has 0 aromatic heterocycles. The van der Waals surface area contributed by atoms with Crippen molar-refractivity contribution in [3.63, 3.8) is 0 Å². The van der Waals surface area contributed by atoms with Crippen LogP contribution < -0.4 is 10.0 Å². The standard InChI is InChI=1S/C12H17FN2O3S2/c1-12(2,15-20(3,17)18)7-14-11(16)9-6-8(19)4-5-10(9)13/h4-6,15,19H,7H2,1-3H3,(H,14,16). The van der Waals surface area contributed by atoms with Crippen LogP contribution in [0.25, 0.3) is 0 Å². The van der Waals surface area contributed by atoms with Gasteiger partial charge in [0.25, 0.3) is 5.91 Å². The fourth-order valence-electron chi connectivity index (χ4n) is 1.62. The van der Waals surface area contributed by atoms with Crippen LogP contribution in [0.1, 0.15) is 24.2 Å². The van der Waals surface area contributed by atoms with Crippen LogP contribution in [0.2, 0.25) is 0 Å². The molecule has 1 aromatic carbocycles. The molecular formula is C12H17FN2O3S2. The molecule has 0 aliphatic rings. The van der Waals surface area contributed by atoms with Gasteiger partial charge in [-0.2, -0.15) is 0 Å². The number of halogens is 1. The molecule has 0 aliphatic heterocycles. The molecule has 5 nitrogen and oxygen atoms in total. The van der Waals surface area contributed by atoms with Gasteiger partial charge in [0, 0.05) is 17.0 Å². The monoisotopic (exact) mass is 320 g/mol. The second-order valence-corrected chi connectivity index (χ2v) is 7.37. The molecule has 20 heavy (non-hydrogen) atoms. The summed E-state index contributed by atoms with van der Waals surface area (Å²) in [6.07, 6.45) is 1.03. The van der Waals surface area contributed by atoms with E-state index in [0.717, 1.165) is 12.3 Å². The maximum Gasteiger partial charge on any atom is 0.254 e. The van der Waals surface area contributed by atoms with E-state index in [1.807, 2.05) is 0 Å². The highest BCUT2D eigenvalue weighted by molar-refractivity contribution is 7.88. The number of rotatable bonds is 5. The lowest BCUT2D eigenvalue weighted by Gasteiger charge is -2.25. The minimum Gasteiger partial charge on any atom is -0.350 e. The first kappa shape index (κ1) is 16.9. The van der Waals surface area contributed by atoms with Gasteiger partial charge in [-0.25, -0.2) is 17.5 Å². The van der Waals surface area contributed by atoms with Crippen molar-refractivity contribution in [1.29, 1.82) is 0 Å². The van der Waals surface area contributed by atoms with Crippen LogP contribution in [-0.2, 0) is 10.0 Å². The molecule has 0 heterocycles. The minimum atomic E-state index is -3.40. The smallest absolute Gasteiger partial charge is 0.254 e. The Balaban J connectivity index is 2.75. The Labute approximate surface area is 123 Å². The van der Waals surface area contributed by atoms with Crippen molar-refractivity contribution < 1.29 is 17.6 Å². The summed E-state index contributed by atoms with van der Waals surface area (Å²) in [7, 11) is -3.40. The Kier molecular flexibility index (Phi) is 5.17. The fraction of sp³-hybridized carbons (Fsp3) is 0.417. The summed E-state index contributed by atoms with van der Waals surface area (Å²) >= 11 is 4.04. The number of benzene rings is 1. The Morgan fingerprint density at radius 1 is 1.40 bits per heavy atom. The number of hydrogen-bond donors (Lipinski definition) is 3. The van der Waals surface area contributed by atoms with Crippen LogP contribution in [-0.4, -0.2) is 32.7 Å².